The monoisotopic (exact) mass is 396 g/mol. The first kappa shape index (κ1) is 20.2. The molecular formula is C18H17ClO8. The van der Waals surface area contributed by atoms with Gasteiger partial charge in [-0.3, -0.25) is 0 Å². The summed E-state index contributed by atoms with van der Waals surface area (Å²) in [5, 5.41) is 20.3. The molecule has 0 aliphatic rings. The van der Waals surface area contributed by atoms with Gasteiger partial charge in [0.25, 0.3) is 0 Å². The number of carbonyl (C=O) groups excluding carboxylic acids is 2. The molecular weight excluding hydrogens is 380 g/mol. The van der Waals surface area contributed by atoms with Crippen molar-refractivity contribution in [1.82, 2.24) is 0 Å². The second kappa shape index (κ2) is 8.05. The number of halogens is 1. The summed E-state index contributed by atoms with van der Waals surface area (Å²) in [5.41, 5.74) is 0.0622. The van der Waals surface area contributed by atoms with E-state index in [0.717, 1.165) is 14.2 Å². The van der Waals surface area contributed by atoms with Gasteiger partial charge >= 0.3 is 11.9 Å². The van der Waals surface area contributed by atoms with E-state index in [0.29, 0.717) is 5.56 Å². The Morgan fingerprint density at radius 1 is 0.963 bits per heavy atom. The number of phenolic OH excluding ortho intramolecular Hbond substituents is 2. The predicted octanol–water partition coefficient (Wildman–Crippen LogP) is 3.43. The molecule has 2 aromatic carbocycles. The van der Waals surface area contributed by atoms with Crippen LogP contribution in [0.2, 0.25) is 5.02 Å². The minimum absolute atomic E-state index is 0.0159. The summed E-state index contributed by atoms with van der Waals surface area (Å²) in [5.74, 6) is -3.22. The van der Waals surface area contributed by atoms with Crippen LogP contribution < -0.4 is 9.47 Å². The van der Waals surface area contributed by atoms with Crippen molar-refractivity contribution < 1.29 is 38.7 Å². The van der Waals surface area contributed by atoms with E-state index in [4.69, 9.17) is 21.1 Å². The van der Waals surface area contributed by atoms with Gasteiger partial charge in [-0.05, 0) is 24.6 Å². The highest BCUT2D eigenvalue weighted by Crippen LogP contribution is 2.46. The van der Waals surface area contributed by atoms with E-state index in [1.54, 1.807) is 6.92 Å². The van der Waals surface area contributed by atoms with Crippen molar-refractivity contribution in [2.45, 2.75) is 6.92 Å². The van der Waals surface area contributed by atoms with Crippen molar-refractivity contribution in [1.29, 1.82) is 0 Å². The highest BCUT2D eigenvalue weighted by Gasteiger charge is 2.27. The van der Waals surface area contributed by atoms with Crippen LogP contribution in [0.15, 0.2) is 18.2 Å². The number of hydrogen-bond donors (Lipinski definition) is 2. The summed E-state index contributed by atoms with van der Waals surface area (Å²) in [4.78, 5) is 24.1. The second-order valence-corrected chi connectivity index (χ2v) is 5.74. The van der Waals surface area contributed by atoms with E-state index in [1.807, 2.05) is 0 Å². The van der Waals surface area contributed by atoms with E-state index in [9.17, 15) is 19.8 Å². The summed E-state index contributed by atoms with van der Waals surface area (Å²) in [6, 6.07) is 3.97. The van der Waals surface area contributed by atoms with Crippen LogP contribution in [-0.4, -0.2) is 43.5 Å². The molecule has 0 radical (unpaired) electrons. The number of phenols is 2. The molecule has 0 fully saturated rings. The fourth-order valence-corrected chi connectivity index (χ4v) is 2.57. The van der Waals surface area contributed by atoms with Crippen molar-refractivity contribution >= 4 is 23.5 Å². The van der Waals surface area contributed by atoms with Crippen LogP contribution in [-0.2, 0) is 9.47 Å². The Morgan fingerprint density at radius 2 is 1.59 bits per heavy atom. The molecule has 0 bridgehead atoms. The van der Waals surface area contributed by atoms with Crippen molar-refractivity contribution in [3.63, 3.8) is 0 Å². The lowest BCUT2D eigenvalue weighted by atomic mass is 10.1. The van der Waals surface area contributed by atoms with Gasteiger partial charge in [-0.2, -0.15) is 0 Å². The van der Waals surface area contributed by atoms with Crippen molar-refractivity contribution in [2.24, 2.45) is 0 Å². The van der Waals surface area contributed by atoms with Gasteiger partial charge in [-0.25, -0.2) is 9.59 Å². The van der Waals surface area contributed by atoms with E-state index < -0.39 is 23.4 Å². The molecule has 0 heterocycles. The highest BCUT2D eigenvalue weighted by atomic mass is 35.5. The zero-order chi connectivity index (χ0) is 20.3. The van der Waals surface area contributed by atoms with Crippen LogP contribution in [0.5, 0.6) is 28.7 Å². The molecule has 2 rings (SSSR count). The molecule has 27 heavy (non-hydrogen) atoms. The number of aromatic hydroxyl groups is 2. The third-order valence-electron chi connectivity index (χ3n) is 3.61. The minimum atomic E-state index is -0.874. The number of ether oxygens (including phenoxy) is 4. The van der Waals surface area contributed by atoms with Crippen LogP contribution in [0.4, 0.5) is 0 Å². The van der Waals surface area contributed by atoms with Gasteiger partial charge in [-0.15, -0.1) is 0 Å². The number of methoxy groups -OCH3 is 3. The molecule has 0 aliphatic heterocycles. The summed E-state index contributed by atoms with van der Waals surface area (Å²) in [7, 11) is 3.58. The Hall–Kier alpha value is -3.13. The summed E-state index contributed by atoms with van der Waals surface area (Å²) in [6.07, 6.45) is 0. The molecule has 0 atom stereocenters. The molecule has 2 N–H and O–H groups in total. The number of carbonyl (C=O) groups is 2. The Bertz CT molecular complexity index is 907. The zero-order valence-corrected chi connectivity index (χ0v) is 15.7. The smallest absolute Gasteiger partial charge is 0.345 e. The lowest BCUT2D eigenvalue weighted by Gasteiger charge is -2.17. The van der Waals surface area contributed by atoms with Crippen molar-refractivity contribution in [2.75, 3.05) is 21.3 Å². The van der Waals surface area contributed by atoms with Crippen molar-refractivity contribution in [3.8, 4) is 28.7 Å². The first-order valence-corrected chi connectivity index (χ1v) is 7.90. The van der Waals surface area contributed by atoms with Gasteiger partial charge in [0.2, 0.25) is 0 Å². The lowest BCUT2D eigenvalue weighted by molar-refractivity contribution is 0.0591. The number of benzene rings is 2. The Kier molecular flexibility index (Phi) is 6.02. The van der Waals surface area contributed by atoms with E-state index >= 15 is 0 Å². The fraction of sp³-hybridized carbons (Fsp3) is 0.222. The highest BCUT2D eigenvalue weighted by molar-refractivity contribution is 6.34. The molecule has 8 nitrogen and oxygen atoms in total. The summed E-state index contributed by atoms with van der Waals surface area (Å²) in [6.45, 7) is 1.65. The topological polar surface area (TPSA) is 112 Å². The Morgan fingerprint density at radius 3 is 2.15 bits per heavy atom. The van der Waals surface area contributed by atoms with E-state index in [2.05, 4.69) is 9.47 Å². The van der Waals surface area contributed by atoms with Gasteiger partial charge in [0.15, 0.2) is 11.5 Å². The van der Waals surface area contributed by atoms with E-state index in [-0.39, 0.29) is 33.4 Å². The number of rotatable bonds is 5. The SMILES string of the molecule is COC(=O)c1cc(OC)c(Cl)c(O)c1Oc1cc(C)cc(O)c1C(=O)OC. The third-order valence-corrected chi connectivity index (χ3v) is 3.98. The van der Waals surface area contributed by atoms with Crippen molar-refractivity contribution in [3.05, 3.63) is 39.9 Å². The number of hydrogen-bond acceptors (Lipinski definition) is 8. The van der Waals surface area contributed by atoms with Gasteiger partial charge in [0.1, 0.15) is 33.4 Å². The van der Waals surface area contributed by atoms with Crippen LogP contribution in [0, 0.1) is 6.92 Å². The molecule has 0 saturated carbocycles. The molecule has 144 valence electrons. The van der Waals surface area contributed by atoms with E-state index in [1.165, 1.54) is 25.3 Å². The van der Waals surface area contributed by atoms with Gasteiger partial charge in [0.05, 0.1) is 21.3 Å². The maximum absolute atomic E-state index is 12.1. The van der Waals surface area contributed by atoms with Crippen LogP contribution in [0.25, 0.3) is 0 Å². The quantitative estimate of drug-likeness (QED) is 0.739. The average Bonchev–Trinajstić information content (AvgIpc) is 2.64. The lowest BCUT2D eigenvalue weighted by Crippen LogP contribution is -2.08. The zero-order valence-electron chi connectivity index (χ0n) is 15.0. The van der Waals surface area contributed by atoms with Gasteiger partial charge in [-0.1, -0.05) is 11.6 Å². The Labute approximate surface area is 159 Å². The number of esters is 2. The van der Waals surface area contributed by atoms with Crippen LogP contribution >= 0.6 is 11.6 Å². The van der Waals surface area contributed by atoms with Gasteiger partial charge < -0.3 is 29.2 Å². The maximum Gasteiger partial charge on any atom is 0.345 e. The first-order valence-electron chi connectivity index (χ1n) is 7.52. The average molecular weight is 397 g/mol. The molecule has 0 aromatic heterocycles. The summed E-state index contributed by atoms with van der Waals surface area (Å²) < 4.78 is 20.0. The molecule has 0 unspecified atom stereocenters. The normalized spacial score (nSPS) is 10.3. The first-order chi connectivity index (χ1) is 12.7. The summed E-state index contributed by atoms with van der Waals surface area (Å²) >= 11 is 6.03. The van der Waals surface area contributed by atoms with Crippen LogP contribution in [0.1, 0.15) is 26.3 Å². The van der Waals surface area contributed by atoms with Gasteiger partial charge in [0, 0.05) is 6.07 Å². The fourth-order valence-electron chi connectivity index (χ4n) is 2.35. The predicted molar refractivity (Wildman–Crippen MR) is 95.3 cm³/mol. The molecule has 0 saturated heterocycles. The number of aryl methyl sites for hydroxylation is 1. The molecule has 2 aromatic rings. The standard InChI is InChI=1S/C18H17ClO8/c1-8-5-10(20)13(18(23)26-4)11(6-8)27-16-9(17(22)25-3)7-12(24-2)14(19)15(16)21/h5-7,20-21H,1-4H3. The Balaban J connectivity index is 2.73. The largest absolute Gasteiger partial charge is 0.507 e. The molecule has 0 aliphatic carbocycles. The molecule has 0 spiro atoms. The maximum atomic E-state index is 12.1. The second-order valence-electron chi connectivity index (χ2n) is 5.36. The molecule has 0 amide bonds. The molecule has 9 heteroatoms. The van der Waals surface area contributed by atoms with Crippen LogP contribution in [0.3, 0.4) is 0 Å². The minimum Gasteiger partial charge on any atom is -0.507 e. The third kappa shape index (κ3) is 3.85.